The fourth-order valence-electron chi connectivity index (χ4n) is 5.52. The second-order valence-corrected chi connectivity index (χ2v) is 8.39. The smallest absolute Gasteiger partial charge is 0.303 e. The van der Waals surface area contributed by atoms with Gasteiger partial charge < -0.3 is 23.7 Å². The molecule has 174 valence electrons. The Morgan fingerprint density at radius 1 is 1.12 bits per heavy atom. The Balaban J connectivity index is 2.17. The van der Waals surface area contributed by atoms with Crippen molar-refractivity contribution < 1.29 is 33.3 Å². The summed E-state index contributed by atoms with van der Waals surface area (Å²) in [6.45, 7) is 7.22. The number of rotatable bonds is 9. The largest absolute Gasteiger partial charge is 0.497 e. The van der Waals surface area contributed by atoms with Gasteiger partial charge in [0.05, 0.1) is 26.7 Å². The van der Waals surface area contributed by atoms with E-state index >= 15 is 0 Å². The summed E-state index contributed by atoms with van der Waals surface area (Å²) in [5.41, 5.74) is -1.30. The van der Waals surface area contributed by atoms with Gasteiger partial charge in [-0.1, -0.05) is 19.1 Å². The van der Waals surface area contributed by atoms with Crippen molar-refractivity contribution >= 4 is 11.8 Å². The molecule has 2 aliphatic rings. The van der Waals surface area contributed by atoms with Gasteiger partial charge >= 0.3 is 5.97 Å². The minimum atomic E-state index is -1.39. The summed E-state index contributed by atoms with van der Waals surface area (Å²) in [6.07, 6.45) is 3.50. The van der Waals surface area contributed by atoms with Crippen molar-refractivity contribution in [2.24, 2.45) is 17.3 Å². The van der Waals surface area contributed by atoms with Gasteiger partial charge in [0, 0.05) is 20.0 Å². The van der Waals surface area contributed by atoms with E-state index in [2.05, 4.69) is 6.58 Å². The molecule has 5 atom stereocenters. The first-order valence-corrected chi connectivity index (χ1v) is 10.6. The summed E-state index contributed by atoms with van der Waals surface area (Å²) in [7, 11) is 6.17. The molecule has 0 radical (unpaired) electrons. The molecule has 0 spiro atoms. The molecule has 7 heteroatoms. The standard InChI is InChI=1S/C25H32O7/c1-8-11-24-14-21(30-6)22(32-16(3)26)25(31-7,23(24)27)18(15(24)2)12-17-9-10-19(28-4)20(13-17)29-5/h8-10,13-15,18,22H,1,11-12H2,2-7H3/t15-,18-,22+,24-,25+/m1/s1. The van der Waals surface area contributed by atoms with Crippen LogP contribution in [0.1, 0.15) is 25.8 Å². The first kappa shape index (κ1) is 23.9. The van der Waals surface area contributed by atoms with E-state index in [9.17, 15) is 9.59 Å². The molecule has 0 N–H and O–H groups in total. The number of carbonyl (C=O) groups is 2. The van der Waals surface area contributed by atoms with Gasteiger partial charge in [-0.05, 0) is 42.5 Å². The van der Waals surface area contributed by atoms with Crippen LogP contribution >= 0.6 is 0 Å². The van der Waals surface area contributed by atoms with Gasteiger partial charge in [-0.3, -0.25) is 9.59 Å². The third kappa shape index (κ3) is 3.39. The van der Waals surface area contributed by atoms with Crippen LogP contribution in [-0.4, -0.2) is 51.9 Å². The molecule has 1 aromatic carbocycles. The molecule has 1 fully saturated rings. The molecule has 32 heavy (non-hydrogen) atoms. The van der Waals surface area contributed by atoms with Crippen molar-refractivity contribution in [2.45, 2.75) is 38.4 Å². The molecular weight excluding hydrogens is 412 g/mol. The van der Waals surface area contributed by atoms with Crippen molar-refractivity contribution in [1.82, 2.24) is 0 Å². The zero-order valence-electron chi connectivity index (χ0n) is 19.6. The molecule has 0 unspecified atom stereocenters. The predicted molar refractivity (Wildman–Crippen MR) is 119 cm³/mol. The number of hydrogen-bond donors (Lipinski definition) is 0. The quantitative estimate of drug-likeness (QED) is 0.426. The topological polar surface area (TPSA) is 80.3 Å². The van der Waals surface area contributed by atoms with E-state index in [0.717, 1.165) is 5.56 Å². The highest BCUT2D eigenvalue weighted by Crippen LogP contribution is 2.60. The fraction of sp³-hybridized carbons (Fsp3) is 0.520. The number of benzene rings is 1. The first-order chi connectivity index (χ1) is 15.2. The molecule has 0 aromatic heterocycles. The first-order valence-electron chi connectivity index (χ1n) is 10.6. The van der Waals surface area contributed by atoms with E-state index in [0.29, 0.717) is 30.1 Å². The zero-order chi connectivity index (χ0) is 23.7. The molecule has 0 heterocycles. The number of carbonyl (C=O) groups excluding carboxylic acids is 2. The lowest BCUT2D eigenvalue weighted by atomic mass is 9.70. The number of esters is 1. The SMILES string of the molecule is C=CC[C@]12C=C(OC)[C@H](OC(C)=O)[C@](OC)(C1=O)[C@H](Cc1ccc(OC)c(OC)c1)[C@H]2C. The van der Waals surface area contributed by atoms with E-state index in [1.165, 1.54) is 21.1 Å². The maximum atomic E-state index is 14.0. The lowest BCUT2D eigenvalue weighted by molar-refractivity contribution is -0.182. The summed E-state index contributed by atoms with van der Waals surface area (Å²) in [5.74, 6) is 0.587. The number of methoxy groups -OCH3 is 4. The van der Waals surface area contributed by atoms with Crippen LogP contribution in [-0.2, 0) is 30.2 Å². The number of Topliss-reactive ketones (excluding diaryl/α,β-unsaturated/α-hetero) is 1. The highest BCUT2D eigenvalue weighted by atomic mass is 16.6. The second kappa shape index (κ2) is 8.98. The van der Waals surface area contributed by atoms with Gasteiger partial charge in [-0.25, -0.2) is 0 Å². The number of allylic oxidation sites excluding steroid dienone is 2. The van der Waals surface area contributed by atoms with E-state index in [1.54, 1.807) is 26.4 Å². The molecule has 7 nitrogen and oxygen atoms in total. The molecule has 0 aliphatic heterocycles. The average Bonchev–Trinajstić information content (AvgIpc) is 2.89. The van der Waals surface area contributed by atoms with Crippen LogP contribution in [0.5, 0.6) is 11.5 Å². The second-order valence-electron chi connectivity index (χ2n) is 8.39. The summed E-state index contributed by atoms with van der Waals surface area (Å²) in [6, 6.07) is 5.67. The zero-order valence-corrected chi connectivity index (χ0v) is 19.6. The normalized spacial score (nSPS) is 31.0. The van der Waals surface area contributed by atoms with Crippen LogP contribution in [0.3, 0.4) is 0 Å². The van der Waals surface area contributed by atoms with Gasteiger partial charge in [0.25, 0.3) is 0 Å². The van der Waals surface area contributed by atoms with Crippen LogP contribution in [0, 0.1) is 17.3 Å². The Labute approximate surface area is 189 Å². The predicted octanol–water partition coefficient (Wildman–Crippen LogP) is 3.50. The lowest BCUT2D eigenvalue weighted by Gasteiger charge is -2.42. The highest BCUT2D eigenvalue weighted by Gasteiger charge is 2.72. The molecule has 1 aromatic rings. The summed E-state index contributed by atoms with van der Waals surface area (Å²) in [4.78, 5) is 26.0. The number of ketones is 1. The van der Waals surface area contributed by atoms with Gasteiger partial charge in [0.1, 0.15) is 5.76 Å². The minimum absolute atomic E-state index is 0.113. The Bertz CT molecular complexity index is 936. The maximum absolute atomic E-state index is 14.0. The van der Waals surface area contributed by atoms with Crippen molar-refractivity contribution in [3.63, 3.8) is 0 Å². The van der Waals surface area contributed by atoms with Gasteiger partial charge in [0.15, 0.2) is 29.0 Å². The monoisotopic (exact) mass is 444 g/mol. The molecule has 0 amide bonds. The average molecular weight is 445 g/mol. The van der Waals surface area contributed by atoms with E-state index < -0.39 is 23.1 Å². The van der Waals surface area contributed by atoms with Gasteiger partial charge in [-0.2, -0.15) is 0 Å². The van der Waals surface area contributed by atoms with Crippen molar-refractivity contribution in [1.29, 1.82) is 0 Å². The molecular formula is C25H32O7. The van der Waals surface area contributed by atoms with Crippen LogP contribution in [0.25, 0.3) is 0 Å². The van der Waals surface area contributed by atoms with E-state index in [-0.39, 0.29) is 17.6 Å². The third-order valence-electron chi connectivity index (χ3n) is 7.04. The number of fused-ring (bicyclic) bond motifs is 2. The van der Waals surface area contributed by atoms with Gasteiger partial charge in [-0.15, -0.1) is 6.58 Å². The van der Waals surface area contributed by atoms with Crippen molar-refractivity contribution in [3.05, 3.63) is 48.3 Å². The Hall–Kier alpha value is -2.80. The van der Waals surface area contributed by atoms with E-state index in [1.807, 2.05) is 25.1 Å². The maximum Gasteiger partial charge on any atom is 0.303 e. The van der Waals surface area contributed by atoms with Crippen LogP contribution in [0.15, 0.2) is 42.7 Å². The number of hydrogen-bond acceptors (Lipinski definition) is 7. The molecule has 1 saturated carbocycles. The molecule has 2 aliphatic carbocycles. The van der Waals surface area contributed by atoms with Crippen LogP contribution < -0.4 is 9.47 Å². The Morgan fingerprint density at radius 3 is 2.34 bits per heavy atom. The highest BCUT2D eigenvalue weighted by molar-refractivity contribution is 6.00. The van der Waals surface area contributed by atoms with Crippen LogP contribution in [0.2, 0.25) is 0 Å². The summed E-state index contributed by atoms with van der Waals surface area (Å²) < 4.78 is 28.1. The van der Waals surface area contributed by atoms with Crippen molar-refractivity contribution in [3.8, 4) is 11.5 Å². The summed E-state index contributed by atoms with van der Waals surface area (Å²) in [5, 5.41) is 0. The van der Waals surface area contributed by atoms with Crippen LogP contribution in [0.4, 0.5) is 0 Å². The Morgan fingerprint density at radius 2 is 1.81 bits per heavy atom. The fourth-order valence-corrected chi connectivity index (χ4v) is 5.52. The lowest BCUT2D eigenvalue weighted by Crippen LogP contribution is -2.59. The third-order valence-corrected chi connectivity index (χ3v) is 7.04. The molecule has 3 rings (SSSR count). The Kier molecular flexibility index (Phi) is 6.69. The van der Waals surface area contributed by atoms with Crippen molar-refractivity contribution in [2.75, 3.05) is 28.4 Å². The molecule has 2 bridgehead atoms. The summed E-state index contributed by atoms with van der Waals surface area (Å²) >= 11 is 0. The molecule has 0 saturated heterocycles. The van der Waals surface area contributed by atoms with Gasteiger partial charge in [0.2, 0.25) is 0 Å². The van der Waals surface area contributed by atoms with E-state index in [4.69, 9.17) is 23.7 Å². The number of ether oxygens (including phenoxy) is 5. The minimum Gasteiger partial charge on any atom is -0.497 e.